The molecule has 8 nitrogen and oxygen atoms in total. The van der Waals surface area contributed by atoms with Gasteiger partial charge in [0.05, 0.1) is 29.6 Å². The van der Waals surface area contributed by atoms with Crippen LogP contribution in [0.2, 0.25) is 0 Å². The molecule has 1 aliphatic carbocycles. The van der Waals surface area contributed by atoms with E-state index in [0.29, 0.717) is 19.3 Å². The van der Waals surface area contributed by atoms with E-state index in [1.807, 2.05) is 34.6 Å². The van der Waals surface area contributed by atoms with Crippen LogP contribution in [-0.4, -0.2) is 59.6 Å². The Hall–Kier alpha value is -2.19. The van der Waals surface area contributed by atoms with Crippen LogP contribution in [0.25, 0.3) is 0 Å². The molecule has 9 unspecified atom stereocenters. The van der Waals surface area contributed by atoms with Gasteiger partial charge in [-0.1, -0.05) is 20.4 Å². The maximum Gasteiger partial charge on any atom is 0.341 e. The molecule has 0 radical (unpaired) electrons. The molecule has 33 heavy (non-hydrogen) atoms. The summed E-state index contributed by atoms with van der Waals surface area (Å²) in [6, 6.07) is 0. The van der Waals surface area contributed by atoms with Gasteiger partial charge in [-0.05, 0) is 45.8 Å². The lowest BCUT2D eigenvalue weighted by molar-refractivity contribution is -0.159. The Balaban J connectivity index is 1.64. The molecule has 182 valence electrons. The minimum atomic E-state index is -0.985. The molecule has 3 saturated heterocycles. The van der Waals surface area contributed by atoms with Crippen molar-refractivity contribution in [2.75, 3.05) is 0 Å². The largest absolute Gasteiger partial charge is 0.459 e. The first-order valence-electron chi connectivity index (χ1n) is 11.7. The number of epoxide rings is 2. The first kappa shape index (κ1) is 24.0. The van der Waals surface area contributed by atoms with Gasteiger partial charge in [0.1, 0.15) is 18.3 Å². The molecule has 0 aromatic carbocycles. The second kappa shape index (κ2) is 8.24. The summed E-state index contributed by atoms with van der Waals surface area (Å²) in [5, 5.41) is 0. The molecule has 0 N–H and O–H groups in total. The van der Waals surface area contributed by atoms with E-state index in [1.54, 1.807) is 13.0 Å². The van der Waals surface area contributed by atoms with Crippen LogP contribution in [-0.2, 0) is 38.1 Å². The Bertz CT molecular complexity index is 908. The topological polar surface area (TPSA) is 104 Å². The van der Waals surface area contributed by atoms with Crippen LogP contribution in [0.15, 0.2) is 23.8 Å². The Labute approximate surface area is 194 Å². The summed E-state index contributed by atoms with van der Waals surface area (Å²) < 4.78 is 28.8. The predicted octanol–water partition coefficient (Wildman–Crippen LogP) is 3.03. The van der Waals surface area contributed by atoms with Gasteiger partial charge in [-0.15, -0.1) is 0 Å². The molecule has 4 aliphatic rings. The molecule has 8 heteroatoms. The molecule has 3 aliphatic heterocycles. The fraction of sp³-hybridized carbons (Fsp3) is 0.720. The Morgan fingerprint density at radius 2 is 1.94 bits per heavy atom. The average Bonchev–Trinajstić information content (AvgIpc) is 3.55. The third-order valence-electron chi connectivity index (χ3n) is 7.74. The maximum atomic E-state index is 12.9. The zero-order chi connectivity index (χ0) is 24.3. The van der Waals surface area contributed by atoms with Crippen LogP contribution in [0.5, 0.6) is 0 Å². The van der Waals surface area contributed by atoms with Gasteiger partial charge in [0.2, 0.25) is 0 Å². The standard InChI is InChI=1S/C25H34O8/c1-8-12(2)21(26)29-16-10-19-24(6,33-19)11-18(31-23(28)25(7)15(5)32-25)20-14(4)22(27)30-17(20)9-13(16)3/h9,12,15-20H,4,8,10-11H2,1-3,5-7H3. The van der Waals surface area contributed by atoms with Crippen LogP contribution >= 0.6 is 0 Å². The number of carbonyl (C=O) groups excluding carboxylic acids is 3. The van der Waals surface area contributed by atoms with Crippen molar-refractivity contribution >= 4 is 17.9 Å². The summed E-state index contributed by atoms with van der Waals surface area (Å²) >= 11 is 0. The Morgan fingerprint density at radius 3 is 2.55 bits per heavy atom. The SMILES string of the molecule is C=C1C(=O)OC2C=C(C)C(OC(=O)C(C)CC)CC3OC3(C)CC(OC(=O)C3(C)OC3C)C12. The monoisotopic (exact) mass is 462 g/mol. The normalized spacial score (nSPS) is 42.8. The van der Waals surface area contributed by atoms with Crippen molar-refractivity contribution in [2.24, 2.45) is 11.8 Å². The zero-order valence-corrected chi connectivity index (χ0v) is 20.2. The van der Waals surface area contributed by atoms with E-state index in [2.05, 4.69) is 6.58 Å². The molecular weight excluding hydrogens is 428 g/mol. The van der Waals surface area contributed by atoms with Crippen LogP contribution in [0.3, 0.4) is 0 Å². The molecule has 0 aromatic rings. The predicted molar refractivity (Wildman–Crippen MR) is 117 cm³/mol. The second-order valence-electron chi connectivity index (χ2n) is 10.2. The van der Waals surface area contributed by atoms with Crippen LogP contribution < -0.4 is 0 Å². The maximum absolute atomic E-state index is 12.9. The summed E-state index contributed by atoms with van der Waals surface area (Å²) in [6.45, 7) is 15.0. The van der Waals surface area contributed by atoms with Crippen molar-refractivity contribution in [1.82, 2.24) is 0 Å². The van der Waals surface area contributed by atoms with E-state index in [9.17, 15) is 14.4 Å². The van der Waals surface area contributed by atoms with Crippen molar-refractivity contribution < 1.29 is 38.1 Å². The van der Waals surface area contributed by atoms with E-state index in [-0.39, 0.29) is 29.7 Å². The van der Waals surface area contributed by atoms with Crippen molar-refractivity contribution in [3.05, 3.63) is 23.8 Å². The van der Waals surface area contributed by atoms with Gasteiger partial charge in [0.15, 0.2) is 5.60 Å². The number of hydrogen-bond donors (Lipinski definition) is 0. The molecule has 0 spiro atoms. The minimum Gasteiger partial charge on any atom is -0.459 e. The molecule has 0 saturated carbocycles. The quantitative estimate of drug-likeness (QED) is 0.202. The minimum absolute atomic E-state index is 0.175. The number of rotatable bonds is 5. The smallest absolute Gasteiger partial charge is 0.341 e. The molecule has 9 atom stereocenters. The highest BCUT2D eigenvalue weighted by molar-refractivity contribution is 5.91. The highest BCUT2D eigenvalue weighted by atomic mass is 16.7. The van der Waals surface area contributed by atoms with E-state index in [4.69, 9.17) is 23.7 Å². The van der Waals surface area contributed by atoms with Gasteiger partial charge in [-0.2, -0.15) is 0 Å². The van der Waals surface area contributed by atoms with Gasteiger partial charge in [-0.25, -0.2) is 9.59 Å². The molecule has 0 aromatic heterocycles. The fourth-order valence-corrected chi connectivity index (χ4v) is 4.70. The lowest BCUT2D eigenvalue weighted by atomic mass is 9.82. The van der Waals surface area contributed by atoms with Crippen LogP contribution in [0.1, 0.15) is 60.8 Å². The zero-order valence-electron chi connectivity index (χ0n) is 20.2. The number of hydrogen-bond acceptors (Lipinski definition) is 8. The Morgan fingerprint density at radius 1 is 1.27 bits per heavy atom. The van der Waals surface area contributed by atoms with Gasteiger partial charge in [-0.3, -0.25) is 4.79 Å². The van der Waals surface area contributed by atoms with Crippen LogP contribution in [0, 0.1) is 11.8 Å². The molecule has 0 amide bonds. The number of esters is 3. The van der Waals surface area contributed by atoms with Gasteiger partial charge in [0.25, 0.3) is 0 Å². The second-order valence-corrected chi connectivity index (χ2v) is 10.2. The van der Waals surface area contributed by atoms with Crippen LogP contribution in [0.4, 0.5) is 0 Å². The van der Waals surface area contributed by atoms with Crippen molar-refractivity contribution in [3.63, 3.8) is 0 Å². The van der Waals surface area contributed by atoms with Gasteiger partial charge < -0.3 is 23.7 Å². The fourth-order valence-electron chi connectivity index (χ4n) is 4.70. The summed E-state index contributed by atoms with van der Waals surface area (Å²) in [4.78, 5) is 37.8. The van der Waals surface area contributed by atoms with E-state index in [0.717, 1.165) is 5.57 Å². The van der Waals surface area contributed by atoms with E-state index >= 15 is 0 Å². The van der Waals surface area contributed by atoms with E-state index in [1.165, 1.54) is 0 Å². The summed E-state index contributed by atoms with van der Waals surface area (Å²) in [7, 11) is 0. The van der Waals surface area contributed by atoms with Crippen molar-refractivity contribution in [3.8, 4) is 0 Å². The summed E-state index contributed by atoms with van der Waals surface area (Å²) in [6.07, 6.45) is 1.06. The molecule has 0 bridgehead atoms. The first-order valence-corrected chi connectivity index (χ1v) is 11.7. The lowest BCUT2D eigenvalue weighted by Crippen LogP contribution is -2.40. The number of carbonyl (C=O) groups is 3. The Kier molecular flexibility index (Phi) is 5.98. The third-order valence-corrected chi connectivity index (χ3v) is 7.74. The number of ether oxygens (including phenoxy) is 5. The highest BCUT2D eigenvalue weighted by Crippen LogP contribution is 2.49. The first-order chi connectivity index (χ1) is 15.4. The summed E-state index contributed by atoms with van der Waals surface area (Å²) in [5.41, 5.74) is -0.551. The van der Waals surface area contributed by atoms with E-state index < -0.39 is 47.4 Å². The molecule has 4 rings (SSSR count). The number of fused-ring (bicyclic) bond motifs is 2. The molecule has 3 heterocycles. The van der Waals surface area contributed by atoms with Crippen molar-refractivity contribution in [2.45, 2.75) is 103 Å². The highest BCUT2D eigenvalue weighted by Gasteiger charge is 2.61. The molecule has 3 fully saturated rings. The van der Waals surface area contributed by atoms with Crippen molar-refractivity contribution in [1.29, 1.82) is 0 Å². The van der Waals surface area contributed by atoms with Gasteiger partial charge in [0, 0.05) is 18.4 Å². The third kappa shape index (κ3) is 4.35. The molecular formula is C25H34O8. The lowest BCUT2D eigenvalue weighted by Gasteiger charge is -2.30. The summed E-state index contributed by atoms with van der Waals surface area (Å²) in [5.74, 6) is -2.04. The average molecular weight is 463 g/mol. The van der Waals surface area contributed by atoms with Gasteiger partial charge >= 0.3 is 17.9 Å².